The lowest BCUT2D eigenvalue weighted by Crippen LogP contribution is -2.08. The fourth-order valence-electron chi connectivity index (χ4n) is 2.64. The largest absolute Gasteiger partial charge is 0.417 e. The molecule has 2 heterocycles. The van der Waals surface area contributed by atoms with Crippen molar-refractivity contribution in [3.8, 4) is 11.4 Å². The van der Waals surface area contributed by atoms with Gasteiger partial charge in [0.05, 0.1) is 5.56 Å². The Morgan fingerprint density at radius 2 is 1.54 bits per heavy atom. The minimum atomic E-state index is -4.51. The third-order valence-electron chi connectivity index (χ3n) is 3.69. The average molecular weight is 349 g/mol. The van der Waals surface area contributed by atoms with Crippen LogP contribution in [0.15, 0.2) is 48.5 Å². The summed E-state index contributed by atoms with van der Waals surface area (Å²) in [5.74, 6) is -0.00872. The Labute approximate surface area is 138 Å². The maximum absolute atomic E-state index is 13.3. The summed E-state index contributed by atoms with van der Waals surface area (Å²) in [7, 11) is 0. The Balaban J connectivity index is 2.07. The van der Waals surface area contributed by atoms with Crippen molar-refractivity contribution < 1.29 is 13.2 Å². The van der Waals surface area contributed by atoms with Gasteiger partial charge in [0.15, 0.2) is 16.6 Å². The number of benzene rings is 2. The number of aromatic nitrogens is 4. The van der Waals surface area contributed by atoms with Gasteiger partial charge in [0.1, 0.15) is 0 Å². The highest BCUT2D eigenvalue weighted by molar-refractivity contribution is 6.34. The highest BCUT2D eigenvalue weighted by atomic mass is 35.5. The number of fused-ring (bicyclic) bond motifs is 3. The first kappa shape index (κ1) is 14.9. The lowest BCUT2D eigenvalue weighted by atomic mass is 10.1. The molecule has 0 fully saturated rings. The van der Waals surface area contributed by atoms with E-state index >= 15 is 0 Å². The maximum atomic E-state index is 13.3. The summed E-state index contributed by atoms with van der Waals surface area (Å²) in [6.45, 7) is 0. The zero-order valence-electron chi connectivity index (χ0n) is 11.9. The molecule has 4 rings (SSSR count). The highest BCUT2D eigenvalue weighted by Gasteiger charge is 2.34. The van der Waals surface area contributed by atoms with Crippen LogP contribution >= 0.6 is 11.6 Å². The molecule has 24 heavy (non-hydrogen) atoms. The summed E-state index contributed by atoms with van der Waals surface area (Å²) in [6.07, 6.45) is -4.51. The van der Waals surface area contributed by atoms with Gasteiger partial charge in [-0.1, -0.05) is 54.1 Å². The van der Waals surface area contributed by atoms with E-state index in [1.54, 1.807) is 24.3 Å². The van der Waals surface area contributed by atoms with Crippen LogP contribution in [0.4, 0.5) is 13.2 Å². The number of hydrogen-bond acceptors (Lipinski definition) is 3. The van der Waals surface area contributed by atoms with Gasteiger partial charge in [0, 0.05) is 16.3 Å². The first-order chi connectivity index (χ1) is 11.5. The first-order valence-corrected chi connectivity index (χ1v) is 7.31. The molecule has 0 spiro atoms. The molecule has 4 aromatic rings. The molecule has 0 atom stereocenters. The number of halogens is 4. The fourth-order valence-corrected chi connectivity index (χ4v) is 2.88. The van der Waals surface area contributed by atoms with Crippen molar-refractivity contribution in [2.75, 3.05) is 0 Å². The van der Waals surface area contributed by atoms with Crippen molar-refractivity contribution in [2.45, 2.75) is 6.18 Å². The third-order valence-corrected chi connectivity index (χ3v) is 3.97. The van der Waals surface area contributed by atoms with E-state index in [9.17, 15) is 13.2 Å². The van der Waals surface area contributed by atoms with Crippen LogP contribution in [0.2, 0.25) is 5.15 Å². The summed E-state index contributed by atoms with van der Waals surface area (Å²) in [5, 5.41) is 13.6. The topological polar surface area (TPSA) is 43.1 Å². The maximum Gasteiger partial charge on any atom is 0.417 e. The molecule has 0 N–H and O–H groups in total. The van der Waals surface area contributed by atoms with E-state index in [1.807, 2.05) is 0 Å². The van der Waals surface area contributed by atoms with Gasteiger partial charge in [-0.25, -0.2) is 0 Å². The molecule has 0 bridgehead atoms. The van der Waals surface area contributed by atoms with Crippen LogP contribution in [0.1, 0.15) is 5.56 Å². The van der Waals surface area contributed by atoms with Crippen molar-refractivity contribution in [1.29, 1.82) is 0 Å². The van der Waals surface area contributed by atoms with Gasteiger partial charge in [0.2, 0.25) is 0 Å². The van der Waals surface area contributed by atoms with Gasteiger partial charge >= 0.3 is 6.18 Å². The van der Waals surface area contributed by atoms with Crippen LogP contribution in [0, 0.1) is 0 Å². The Morgan fingerprint density at radius 3 is 2.29 bits per heavy atom. The molecule has 0 aliphatic rings. The van der Waals surface area contributed by atoms with E-state index in [-0.39, 0.29) is 16.5 Å². The summed E-state index contributed by atoms with van der Waals surface area (Å²) in [5.41, 5.74) is -0.552. The van der Waals surface area contributed by atoms with E-state index in [4.69, 9.17) is 11.6 Å². The molecular formula is C16H8ClF3N4. The molecule has 2 aromatic carbocycles. The summed E-state index contributed by atoms with van der Waals surface area (Å²) in [4.78, 5) is 0. The molecule has 0 saturated heterocycles. The molecule has 0 aliphatic heterocycles. The van der Waals surface area contributed by atoms with Gasteiger partial charge in [-0.15, -0.1) is 10.2 Å². The molecular weight excluding hydrogens is 341 g/mol. The van der Waals surface area contributed by atoms with Crippen LogP contribution in [0.3, 0.4) is 0 Å². The van der Waals surface area contributed by atoms with Crippen molar-refractivity contribution in [1.82, 2.24) is 19.8 Å². The van der Waals surface area contributed by atoms with Crippen molar-refractivity contribution in [2.24, 2.45) is 0 Å². The van der Waals surface area contributed by atoms with E-state index in [1.165, 1.54) is 22.7 Å². The smallest absolute Gasteiger partial charge is 0.191 e. The first-order valence-electron chi connectivity index (χ1n) is 6.93. The predicted molar refractivity (Wildman–Crippen MR) is 83.7 cm³/mol. The molecule has 4 nitrogen and oxygen atoms in total. The van der Waals surface area contributed by atoms with E-state index in [0.717, 1.165) is 6.07 Å². The molecule has 0 aliphatic carbocycles. The van der Waals surface area contributed by atoms with Gasteiger partial charge < -0.3 is 0 Å². The Morgan fingerprint density at radius 1 is 0.875 bits per heavy atom. The second-order valence-corrected chi connectivity index (χ2v) is 5.50. The van der Waals surface area contributed by atoms with Crippen molar-refractivity contribution >= 4 is 28.0 Å². The van der Waals surface area contributed by atoms with Crippen LogP contribution < -0.4 is 0 Å². The van der Waals surface area contributed by atoms with Gasteiger partial charge in [-0.2, -0.15) is 22.8 Å². The third kappa shape index (κ3) is 2.20. The normalized spacial score (nSPS) is 12.2. The van der Waals surface area contributed by atoms with Crippen LogP contribution in [0.25, 0.3) is 27.8 Å². The van der Waals surface area contributed by atoms with Crippen LogP contribution in [0.5, 0.6) is 0 Å². The standard InChI is InChI=1S/C16H8ClF3N4/c17-13-9-5-1-2-6-10(9)14-21-22-15(24(14)23-13)11-7-3-4-8-12(11)16(18,19)20/h1-8H. The van der Waals surface area contributed by atoms with E-state index < -0.39 is 11.7 Å². The molecule has 120 valence electrons. The Bertz CT molecular complexity index is 1070. The Hall–Kier alpha value is -2.67. The van der Waals surface area contributed by atoms with E-state index in [0.29, 0.717) is 16.4 Å². The molecule has 2 aromatic heterocycles. The fraction of sp³-hybridized carbons (Fsp3) is 0.0625. The second-order valence-electron chi connectivity index (χ2n) is 5.14. The van der Waals surface area contributed by atoms with Crippen molar-refractivity contribution in [3.05, 3.63) is 59.2 Å². The Kier molecular flexibility index (Phi) is 3.21. The molecule has 8 heteroatoms. The van der Waals surface area contributed by atoms with Crippen molar-refractivity contribution in [3.63, 3.8) is 0 Å². The van der Waals surface area contributed by atoms with E-state index in [2.05, 4.69) is 15.3 Å². The lowest BCUT2D eigenvalue weighted by Gasteiger charge is -2.11. The number of hydrogen-bond donors (Lipinski definition) is 0. The summed E-state index contributed by atoms with van der Waals surface area (Å²) in [6, 6.07) is 12.3. The number of alkyl halides is 3. The quantitative estimate of drug-likeness (QED) is 0.504. The average Bonchev–Trinajstić information content (AvgIpc) is 2.98. The molecule has 0 saturated carbocycles. The van der Waals surface area contributed by atoms with Gasteiger partial charge in [0.25, 0.3) is 0 Å². The zero-order chi connectivity index (χ0) is 16.9. The van der Waals surface area contributed by atoms with Gasteiger partial charge in [-0.05, 0) is 6.07 Å². The summed E-state index contributed by atoms with van der Waals surface area (Å²) < 4.78 is 41.1. The monoisotopic (exact) mass is 348 g/mol. The highest BCUT2D eigenvalue weighted by Crippen LogP contribution is 2.37. The molecule has 0 unspecified atom stereocenters. The number of rotatable bonds is 1. The van der Waals surface area contributed by atoms with Gasteiger partial charge in [-0.3, -0.25) is 0 Å². The lowest BCUT2D eigenvalue weighted by molar-refractivity contribution is -0.137. The summed E-state index contributed by atoms with van der Waals surface area (Å²) >= 11 is 6.17. The minimum Gasteiger partial charge on any atom is -0.191 e. The molecule has 0 amide bonds. The predicted octanol–water partition coefficient (Wildman–Crippen LogP) is 4.62. The number of nitrogens with zero attached hydrogens (tertiary/aromatic N) is 4. The SMILES string of the molecule is FC(F)(F)c1ccccc1-c1nnc2c3ccccc3c(Cl)nn12. The minimum absolute atomic E-state index is 0.00872. The molecule has 0 radical (unpaired) electrons. The zero-order valence-corrected chi connectivity index (χ0v) is 12.7. The van der Waals surface area contributed by atoms with Crippen LogP contribution in [-0.2, 0) is 6.18 Å². The second kappa shape index (κ2) is 5.17. The van der Waals surface area contributed by atoms with Crippen LogP contribution in [-0.4, -0.2) is 19.8 Å².